The second-order valence-electron chi connectivity index (χ2n) is 10.5. The summed E-state index contributed by atoms with van der Waals surface area (Å²) >= 11 is 0. The molecule has 0 aliphatic heterocycles. The highest BCUT2D eigenvalue weighted by Crippen LogP contribution is 2.18. The van der Waals surface area contributed by atoms with E-state index in [1.807, 2.05) is 12.3 Å². The Kier molecular flexibility index (Phi) is 17.2. The molecule has 0 saturated carbocycles. The average Bonchev–Trinajstić information content (AvgIpc) is 3.32. The maximum Gasteiger partial charge on any atom is 0.397 e. The van der Waals surface area contributed by atoms with Crippen molar-refractivity contribution in [2.45, 2.75) is 112 Å². The van der Waals surface area contributed by atoms with Gasteiger partial charge in [0.1, 0.15) is 0 Å². The van der Waals surface area contributed by atoms with Gasteiger partial charge in [-0.2, -0.15) is 8.42 Å². The van der Waals surface area contributed by atoms with Crippen LogP contribution in [0.15, 0.2) is 69.6 Å². The first kappa shape index (κ1) is 33.1. The van der Waals surface area contributed by atoms with E-state index >= 15 is 0 Å². The van der Waals surface area contributed by atoms with Gasteiger partial charge in [-0.15, -0.1) is 0 Å². The molecular weight excluding hydrogens is 484 g/mol. The smallest absolute Gasteiger partial charge is 0.397 e. The summed E-state index contributed by atoms with van der Waals surface area (Å²) in [4.78, 5) is 0. The Morgan fingerprint density at radius 2 is 1.38 bits per heavy atom. The van der Waals surface area contributed by atoms with E-state index in [1.54, 1.807) is 6.26 Å². The van der Waals surface area contributed by atoms with Gasteiger partial charge in [-0.05, 0) is 116 Å². The number of hydrogen-bond donors (Lipinski definition) is 1. The Bertz CT molecular complexity index is 965. The van der Waals surface area contributed by atoms with Crippen molar-refractivity contribution < 1.29 is 21.6 Å². The van der Waals surface area contributed by atoms with Gasteiger partial charge in [0.05, 0.1) is 19.1 Å². The minimum absolute atomic E-state index is 0.0423. The zero-order valence-corrected chi connectivity index (χ0v) is 24.6. The third-order valence-electron chi connectivity index (χ3n) is 6.71. The first-order chi connectivity index (χ1) is 17.5. The highest BCUT2D eigenvalue weighted by atomic mass is 32.3. The lowest BCUT2D eigenvalue weighted by atomic mass is 9.98. The Balaban J connectivity index is 2.15. The number of hydrogen-bond acceptors (Lipinski definition) is 4. The molecule has 6 heteroatoms. The monoisotopic (exact) mass is 534 g/mol. The van der Waals surface area contributed by atoms with Crippen molar-refractivity contribution in [2.24, 2.45) is 5.92 Å². The summed E-state index contributed by atoms with van der Waals surface area (Å²) < 4.78 is 39.3. The molecule has 0 fully saturated rings. The van der Waals surface area contributed by atoms with Crippen LogP contribution in [0.3, 0.4) is 0 Å². The largest absolute Gasteiger partial charge is 0.472 e. The van der Waals surface area contributed by atoms with E-state index in [9.17, 15) is 8.42 Å². The fourth-order valence-corrected chi connectivity index (χ4v) is 4.50. The molecule has 0 spiro atoms. The summed E-state index contributed by atoms with van der Waals surface area (Å²) in [6.07, 6.45) is 25.6. The van der Waals surface area contributed by atoms with Crippen molar-refractivity contribution in [2.75, 3.05) is 6.61 Å². The first-order valence-electron chi connectivity index (χ1n) is 13.8. The summed E-state index contributed by atoms with van der Waals surface area (Å²) in [5.41, 5.74) is 7.08. The fraction of sp³-hybridized carbons (Fsp3) is 0.613. The van der Waals surface area contributed by atoms with E-state index in [1.165, 1.54) is 27.9 Å². The van der Waals surface area contributed by atoms with Crippen LogP contribution in [0.2, 0.25) is 0 Å². The number of allylic oxidation sites excluding steroid dienone is 8. The standard InChI is InChI=1S/C31H50O5S/c1-26(13-7-14-28(3)17-9-18-30(5)21-24-36-37(32,33)34)11-6-12-27(2)15-8-16-29(4)19-10-20-31-22-23-35-25-31/h11,14-15,19,22-23,25,30H,6-10,12-13,16-18,20-21,24H2,1-5H3,(H,32,33,34)/b26-11+,27-15+,28-14+,29-19+. The summed E-state index contributed by atoms with van der Waals surface area (Å²) in [6, 6.07) is 2.04. The molecule has 210 valence electrons. The van der Waals surface area contributed by atoms with Crippen LogP contribution in [-0.4, -0.2) is 19.6 Å². The number of aryl methyl sites for hydroxylation is 1. The molecule has 1 unspecified atom stereocenters. The minimum Gasteiger partial charge on any atom is -0.472 e. The first-order valence-corrected chi connectivity index (χ1v) is 15.2. The Hall–Kier alpha value is -1.89. The lowest BCUT2D eigenvalue weighted by Crippen LogP contribution is -2.08. The average molecular weight is 535 g/mol. The molecule has 0 amide bonds. The van der Waals surface area contributed by atoms with Gasteiger partial charge in [0.25, 0.3) is 0 Å². The second kappa shape index (κ2) is 19.2. The van der Waals surface area contributed by atoms with Crippen molar-refractivity contribution in [3.63, 3.8) is 0 Å². The number of furan rings is 1. The third-order valence-corrected chi connectivity index (χ3v) is 7.18. The molecule has 0 bridgehead atoms. The van der Waals surface area contributed by atoms with E-state index in [0.717, 1.165) is 70.6 Å². The van der Waals surface area contributed by atoms with Gasteiger partial charge in [-0.3, -0.25) is 4.55 Å². The van der Waals surface area contributed by atoms with Gasteiger partial charge in [-0.1, -0.05) is 59.9 Å². The van der Waals surface area contributed by atoms with Gasteiger partial charge in [0.2, 0.25) is 0 Å². The zero-order chi connectivity index (χ0) is 27.5. The lowest BCUT2D eigenvalue weighted by Gasteiger charge is -2.10. The van der Waals surface area contributed by atoms with Crippen LogP contribution < -0.4 is 0 Å². The summed E-state index contributed by atoms with van der Waals surface area (Å²) in [6.45, 7) is 11.0. The molecule has 0 saturated heterocycles. The fourth-order valence-electron chi connectivity index (χ4n) is 4.20. The van der Waals surface area contributed by atoms with Crippen LogP contribution in [0.4, 0.5) is 0 Å². The van der Waals surface area contributed by atoms with Gasteiger partial charge >= 0.3 is 10.4 Å². The van der Waals surface area contributed by atoms with Crippen LogP contribution >= 0.6 is 0 Å². The normalized spacial score (nSPS) is 14.9. The summed E-state index contributed by atoms with van der Waals surface area (Å²) in [7, 11) is -4.32. The third kappa shape index (κ3) is 19.8. The van der Waals surface area contributed by atoms with Crippen LogP contribution in [-0.2, 0) is 21.0 Å². The van der Waals surface area contributed by atoms with Gasteiger partial charge in [0.15, 0.2) is 0 Å². The molecule has 0 aliphatic rings. The van der Waals surface area contributed by atoms with Gasteiger partial charge in [0, 0.05) is 0 Å². The molecule has 5 nitrogen and oxygen atoms in total. The lowest BCUT2D eigenvalue weighted by molar-refractivity contribution is 0.245. The van der Waals surface area contributed by atoms with Gasteiger partial charge < -0.3 is 4.42 Å². The number of rotatable bonds is 20. The van der Waals surface area contributed by atoms with Crippen LogP contribution in [0.25, 0.3) is 0 Å². The highest BCUT2D eigenvalue weighted by Gasteiger charge is 2.07. The molecule has 1 aromatic rings. The highest BCUT2D eigenvalue weighted by molar-refractivity contribution is 7.80. The molecule has 1 rings (SSSR count). The van der Waals surface area contributed by atoms with Crippen molar-refractivity contribution in [1.29, 1.82) is 0 Å². The molecule has 1 heterocycles. The molecule has 37 heavy (non-hydrogen) atoms. The van der Waals surface area contributed by atoms with Crippen molar-refractivity contribution in [1.82, 2.24) is 0 Å². The zero-order valence-electron chi connectivity index (χ0n) is 23.8. The molecule has 1 atom stereocenters. The van der Waals surface area contributed by atoms with Crippen molar-refractivity contribution in [3.05, 3.63) is 70.8 Å². The van der Waals surface area contributed by atoms with Crippen LogP contribution in [0.5, 0.6) is 0 Å². The quantitative estimate of drug-likeness (QED) is 0.133. The van der Waals surface area contributed by atoms with E-state index in [2.05, 4.69) is 63.1 Å². The van der Waals surface area contributed by atoms with Gasteiger partial charge in [-0.25, -0.2) is 4.18 Å². The van der Waals surface area contributed by atoms with Crippen LogP contribution in [0, 0.1) is 5.92 Å². The van der Waals surface area contributed by atoms with Crippen molar-refractivity contribution >= 4 is 10.4 Å². The Morgan fingerprint density at radius 3 is 1.86 bits per heavy atom. The summed E-state index contributed by atoms with van der Waals surface area (Å²) in [5, 5.41) is 0. The van der Waals surface area contributed by atoms with Crippen LogP contribution in [0.1, 0.15) is 111 Å². The molecule has 0 aromatic carbocycles. The van der Waals surface area contributed by atoms with E-state index in [4.69, 9.17) is 8.97 Å². The SMILES string of the molecule is C/C(=C\CC/C(C)=C/CCc1ccoc1)CC/C=C(\C)CC/C=C(\C)CCCC(C)CCOS(=O)(=O)O. The van der Waals surface area contributed by atoms with E-state index in [-0.39, 0.29) is 6.61 Å². The predicted octanol–water partition coefficient (Wildman–Crippen LogP) is 9.35. The summed E-state index contributed by atoms with van der Waals surface area (Å²) in [5.74, 6) is 0.371. The molecule has 0 aliphatic carbocycles. The van der Waals surface area contributed by atoms with E-state index in [0.29, 0.717) is 12.3 Å². The topological polar surface area (TPSA) is 76.7 Å². The molecular formula is C31H50O5S. The van der Waals surface area contributed by atoms with Crippen molar-refractivity contribution in [3.8, 4) is 0 Å². The second-order valence-corrected chi connectivity index (χ2v) is 11.6. The molecule has 0 radical (unpaired) electrons. The molecule has 1 N–H and O–H groups in total. The maximum atomic E-state index is 10.6. The molecule has 1 aromatic heterocycles. The maximum absolute atomic E-state index is 10.6. The Labute approximate surface area is 226 Å². The predicted molar refractivity (Wildman–Crippen MR) is 155 cm³/mol. The van der Waals surface area contributed by atoms with E-state index < -0.39 is 10.4 Å². The Morgan fingerprint density at radius 1 is 0.865 bits per heavy atom. The minimum atomic E-state index is -4.32.